The molecular weight excluding hydrogens is 301 g/mol. The highest BCUT2D eigenvalue weighted by molar-refractivity contribution is 6.44. The summed E-state index contributed by atoms with van der Waals surface area (Å²) in [4.78, 5) is 13.7. The van der Waals surface area contributed by atoms with Crippen LogP contribution in [-0.4, -0.2) is 71.8 Å². The van der Waals surface area contributed by atoms with Crippen LogP contribution in [0.3, 0.4) is 0 Å². The summed E-state index contributed by atoms with van der Waals surface area (Å²) in [7, 11) is -0.504. The standard InChI is InChI=1S/C14H28BN3O5/c1-9(2)22-15-5-3-4-10-6-18(12(20)11(16)7-19)8-14(10,17)13(21)23-15/h9-11,13,19,21H,3-8,16-17H2,1-2H3. The number of likely N-dealkylation sites (tertiary alicyclic amines) is 1. The van der Waals surface area contributed by atoms with Gasteiger partial charge in [-0.05, 0) is 26.6 Å². The van der Waals surface area contributed by atoms with E-state index in [0.717, 1.165) is 12.8 Å². The maximum atomic E-state index is 12.2. The van der Waals surface area contributed by atoms with E-state index in [9.17, 15) is 9.90 Å². The molecule has 4 atom stereocenters. The van der Waals surface area contributed by atoms with E-state index in [2.05, 4.69) is 0 Å². The zero-order chi connectivity index (χ0) is 17.2. The van der Waals surface area contributed by atoms with Gasteiger partial charge in [-0.2, -0.15) is 0 Å². The first-order chi connectivity index (χ1) is 10.8. The minimum absolute atomic E-state index is 0.0136. The highest BCUT2D eigenvalue weighted by Gasteiger charge is 2.52. The van der Waals surface area contributed by atoms with Crippen LogP contribution < -0.4 is 11.5 Å². The Bertz CT molecular complexity index is 427. The molecule has 0 bridgehead atoms. The highest BCUT2D eigenvalue weighted by Crippen LogP contribution is 2.35. The summed E-state index contributed by atoms with van der Waals surface area (Å²) in [6.45, 7) is 3.96. The number of hydrogen-bond acceptors (Lipinski definition) is 7. The highest BCUT2D eigenvalue weighted by atomic mass is 16.7. The topological polar surface area (TPSA) is 131 Å². The Balaban J connectivity index is 2.09. The Kier molecular flexibility index (Phi) is 6.04. The van der Waals surface area contributed by atoms with E-state index in [-0.39, 0.29) is 24.5 Å². The fraction of sp³-hybridized carbons (Fsp3) is 0.929. The number of carbonyl (C=O) groups excluding carboxylic acids is 1. The molecule has 2 aliphatic rings. The molecule has 0 aromatic carbocycles. The summed E-state index contributed by atoms with van der Waals surface area (Å²) in [6, 6.07) is -0.960. The van der Waals surface area contributed by atoms with E-state index in [4.69, 9.17) is 25.9 Å². The SMILES string of the molecule is CC(C)OB1CCCC2CN(C(=O)C(N)CO)CC2(N)C(O)O1. The van der Waals surface area contributed by atoms with Crippen molar-refractivity contribution in [2.75, 3.05) is 19.7 Å². The lowest BCUT2D eigenvalue weighted by Gasteiger charge is -2.38. The van der Waals surface area contributed by atoms with Crippen molar-refractivity contribution in [2.24, 2.45) is 17.4 Å². The lowest BCUT2D eigenvalue weighted by atomic mass is 9.74. The molecule has 0 radical (unpaired) electrons. The molecule has 4 unspecified atom stereocenters. The molecule has 2 fully saturated rings. The van der Waals surface area contributed by atoms with Gasteiger partial charge in [-0.25, -0.2) is 0 Å². The van der Waals surface area contributed by atoms with E-state index in [1.165, 1.54) is 4.90 Å². The van der Waals surface area contributed by atoms with E-state index < -0.39 is 31.6 Å². The van der Waals surface area contributed by atoms with Crippen molar-refractivity contribution in [1.82, 2.24) is 4.90 Å². The van der Waals surface area contributed by atoms with Crippen molar-refractivity contribution in [2.45, 2.75) is 57.0 Å². The number of fused-ring (bicyclic) bond motifs is 1. The molecule has 9 heteroatoms. The third kappa shape index (κ3) is 4.04. The van der Waals surface area contributed by atoms with Crippen LogP contribution in [0.4, 0.5) is 0 Å². The minimum atomic E-state index is -1.22. The summed E-state index contributed by atoms with van der Waals surface area (Å²) in [5.41, 5.74) is 11.0. The number of rotatable bonds is 4. The molecule has 6 N–H and O–H groups in total. The van der Waals surface area contributed by atoms with Gasteiger partial charge in [-0.1, -0.05) is 6.42 Å². The van der Waals surface area contributed by atoms with Gasteiger partial charge in [0.25, 0.3) is 0 Å². The van der Waals surface area contributed by atoms with Gasteiger partial charge in [-0.3, -0.25) is 4.79 Å². The van der Waals surface area contributed by atoms with Crippen molar-refractivity contribution >= 4 is 13.0 Å². The second-order valence-electron chi connectivity index (χ2n) is 6.85. The van der Waals surface area contributed by atoms with Crippen LogP contribution >= 0.6 is 0 Å². The second-order valence-corrected chi connectivity index (χ2v) is 6.85. The van der Waals surface area contributed by atoms with Crippen molar-refractivity contribution in [3.05, 3.63) is 0 Å². The van der Waals surface area contributed by atoms with Crippen molar-refractivity contribution < 1.29 is 24.3 Å². The Morgan fingerprint density at radius 1 is 1.57 bits per heavy atom. The van der Waals surface area contributed by atoms with E-state index in [1.54, 1.807) is 0 Å². The van der Waals surface area contributed by atoms with E-state index in [1.807, 2.05) is 13.8 Å². The Labute approximate surface area is 137 Å². The van der Waals surface area contributed by atoms with Crippen LogP contribution in [0.25, 0.3) is 0 Å². The lowest BCUT2D eigenvalue weighted by Crippen LogP contribution is -2.60. The van der Waals surface area contributed by atoms with Crippen molar-refractivity contribution in [3.63, 3.8) is 0 Å². The number of hydrogen-bond donors (Lipinski definition) is 4. The predicted octanol–water partition coefficient (Wildman–Crippen LogP) is -1.50. The number of carbonyl (C=O) groups is 1. The molecule has 0 spiro atoms. The predicted molar refractivity (Wildman–Crippen MR) is 85.2 cm³/mol. The fourth-order valence-electron chi connectivity index (χ4n) is 3.35. The van der Waals surface area contributed by atoms with Crippen LogP contribution in [0, 0.1) is 5.92 Å². The molecule has 2 heterocycles. The summed E-state index contributed by atoms with van der Waals surface area (Å²) >= 11 is 0. The second kappa shape index (κ2) is 7.46. The molecule has 2 aliphatic heterocycles. The summed E-state index contributed by atoms with van der Waals surface area (Å²) in [6.07, 6.45) is 1.04. The normalized spacial score (nSPS) is 33.3. The van der Waals surface area contributed by atoms with Crippen molar-refractivity contribution in [3.8, 4) is 0 Å². The van der Waals surface area contributed by atoms with Crippen LogP contribution in [-0.2, 0) is 14.1 Å². The van der Waals surface area contributed by atoms with Gasteiger partial charge < -0.3 is 35.9 Å². The van der Waals surface area contributed by atoms with Gasteiger partial charge in [0.15, 0.2) is 6.29 Å². The third-order valence-electron chi connectivity index (χ3n) is 4.65. The molecule has 2 saturated heterocycles. The molecule has 1 amide bonds. The number of amides is 1. The lowest BCUT2D eigenvalue weighted by molar-refractivity contribution is -0.133. The molecule has 132 valence electrons. The maximum Gasteiger partial charge on any atom is 0.458 e. The first-order valence-electron chi connectivity index (χ1n) is 8.21. The Hall–Kier alpha value is -0.705. The van der Waals surface area contributed by atoms with E-state index in [0.29, 0.717) is 12.9 Å². The summed E-state index contributed by atoms with van der Waals surface area (Å²) in [5.74, 6) is -0.432. The maximum absolute atomic E-state index is 12.2. The van der Waals surface area contributed by atoms with Crippen LogP contribution in [0.5, 0.6) is 0 Å². The van der Waals surface area contributed by atoms with Gasteiger partial charge in [-0.15, -0.1) is 0 Å². The molecule has 0 aromatic rings. The fourth-order valence-corrected chi connectivity index (χ4v) is 3.35. The monoisotopic (exact) mass is 329 g/mol. The van der Waals surface area contributed by atoms with Gasteiger partial charge in [0.2, 0.25) is 5.91 Å². The number of nitrogens with two attached hydrogens (primary N) is 2. The molecular formula is C14H28BN3O5. The largest absolute Gasteiger partial charge is 0.458 e. The average molecular weight is 329 g/mol. The molecule has 0 aromatic heterocycles. The molecule has 2 rings (SSSR count). The van der Waals surface area contributed by atoms with Crippen molar-refractivity contribution in [1.29, 1.82) is 0 Å². The first-order valence-corrected chi connectivity index (χ1v) is 8.21. The van der Waals surface area contributed by atoms with Crippen LogP contribution in [0.2, 0.25) is 6.32 Å². The van der Waals surface area contributed by atoms with Gasteiger partial charge >= 0.3 is 7.12 Å². The zero-order valence-electron chi connectivity index (χ0n) is 13.9. The average Bonchev–Trinajstić information content (AvgIpc) is 2.82. The van der Waals surface area contributed by atoms with Crippen LogP contribution in [0.1, 0.15) is 26.7 Å². The molecule has 0 saturated carbocycles. The minimum Gasteiger partial charge on any atom is -0.409 e. The van der Waals surface area contributed by atoms with Gasteiger partial charge in [0.1, 0.15) is 6.04 Å². The van der Waals surface area contributed by atoms with Gasteiger partial charge in [0, 0.05) is 25.1 Å². The van der Waals surface area contributed by atoms with Crippen LogP contribution in [0.15, 0.2) is 0 Å². The third-order valence-corrected chi connectivity index (χ3v) is 4.65. The smallest absolute Gasteiger partial charge is 0.409 e. The Morgan fingerprint density at radius 2 is 2.26 bits per heavy atom. The zero-order valence-corrected chi connectivity index (χ0v) is 13.9. The summed E-state index contributed by atoms with van der Waals surface area (Å²) in [5, 5.41) is 19.5. The number of aliphatic hydroxyl groups is 2. The first kappa shape index (κ1) is 18.6. The Morgan fingerprint density at radius 3 is 2.87 bits per heavy atom. The molecule has 8 nitrogen and oxygen atoms in total. The summed E-state index contributed by atoms with van der Waals surface area (Å²) < 4.78 is 11.3. The molecule has 0 aliphatic carbocycles. The number of aliphatic hydroxyl groups excluding tert-OH is 2. The quantitative estimate of drug-likeness (QED) is 0.462. The number of nitrogens with zero attached hydrogens (tertiary/aromatic N) is 1. The van der Waals surface area contributed by atoms with Gasteiger partial charge in [0.05, 0.1) is 12.1 Å². The molecule has 23 heavy (non-hydrogen) atoms. The van der Waals surface area contributed by atoms with E-state index >= 15 is 0 Å².